The number of aromatic nitrogens is 2. The minimum Gasteiger partial charge on any atom is -0.493 e. The summed E-state index contributed by atoms with van der Waals surface area (Å²) in [6.45, 7) is 13.1. The summed E-state index contributed by atoms with van der Waals surface area (Å²) in [5, 5.41) is 4.65. The smallest absolute Gasteiger partial charge is 0.228 e. The van der Waals surface area contributed by atoms with Crippen molar-refractivity contribution in [3.8, 4) is 17.2 Å². The summed E-state index contributed by atoms with van der Waals surface area (Å²) in [7, 11) is 1.67. The van der Waals surface area contributed by atoms with Gasteiger partial charge in [0.1, 0.15) is 17.9 Å². The average Bonchev–Trinajstić information content (AvgIpc) is 3.01. The van der Waals surface area contributed by atoms with Crippen LogP contribution in [0.15, 0.2) is 42.7 Å². The first kappa shape index (κ1) is 29.8. The molecular formula is C32H44N6O4. The molecule has 2 saturated heterocycles. The number of nitrogens with zero attached hydrogens (tertiary/aromatic N) is 6. The average molecular weight is 577 g/mol. The van der Waals surface area contributed by atoms with Gasteiger partial charge < -0.3 is 24.0 Å². The third-order valence-electron chi connectivity index (χ3n) is 8.09. The van der Waals surface area contributed by atoms with Crippen LogP contribution in [-0.2, 0) is 4.79 Å². The Hall–Kier alpha value is -3.63. The van der Waals surface area contributed by atoms with Gasteiger partial charge >= 0.3 is 0 Å². The molecule has 226 valence electrons. The molecule has 0 unspecified atom stereocenters. The van der Waals surface area contributed by atoms with Crippen LogP contribution in [-0.4, -0.2) is 91.9 Å². The topological polar surface area (TPSA) is 83.5 Å². The fourth-order valence-corrected chi connectivity index (χ4v) is 5.69. The molecule has 0 aliphatic carbocycles. The largest absolute Gasteiger partial charge is 0.493 e. The van der Waals surface area contributed by atoms with Crippen LogP contribution in [0.4, 0.5) is 11.5 Å². The van der Waals surface area contributed by atoms with Crippen LogP contribution in [0.25, 0.3) is 10.9 Å². The van der Waals surface area contributed by atoms with E-state index in [9.17, 15) is 4.79 Å². The van der Waals surface area contributed by atoms with E-state index in [0.717, 1.165) is 53.5 Å². The summed E-state index contributed by atoms with van der Waals surface area (Å²) in [6, 6.07) is 11.6. The van der Waals surface area contributed by atoms with Crippen molar-refractivity contribution in [1.29, 1.82) is 0 Å². The Balaban J connectivity index is 1.21. The predicted octanol–water partition coefficient (Wildman–Crippen LogP) is 4.63. The van der Waals surface area contributed by atoms with Crippen LogP contribution in [0.5, 0.6) is 17.2 Å². The maximum atomic E-state index is 12.1. The summed E-state index contributed by atoms with van der Waals surface area (Å²) < 4.78 is 17.6. The summed E-state index contributed by atoms with van der Waals surface area (Å²) in [5.74, 6) is 3.88. The van der Waals surface area contributed by atoms with E-state index in [1.165, 1.54) is 25.9 Å². The SMILES string of the molecule is COc1cc2c(N3CCN(N(C=O)c4ccc(OC(C)C)cc4)CC3)ncnc2cc1OCCCN1CCC(C)CC1. The zero-order chi connectivity index (χ0) is 29.5. The van der Waals surface area contributed by atoms with Crippen molar-refractivity contribution in [3.63, 3.8) is 0 Å². The fraction of sp³-hybridized carbons (Fsp3) is 0.531. The van der Waals surface area contributed by atoms with Crippen molar-refractivity contribution in [2.45, 2.75) is 46.1 Å². The lowest BCUT2D eigenvalue weighted by molar-refractivity contribution is -0.110. The number of ether oxygens (including phenoxy) is 3. The van der Waals surface area contributed by atoms with Crippen molar-refractivity contribution < 1.29 is 19.0 Å². The van der Waals surface area contributed by atoms with Crippen LogP contribution in [0.1, 0.15) is 40.0 Å². The second kappa shape index (κ2) is 14.0. The number of hydrazine groups is 1. The molecule has 0 bridgehead atoms. The lowest BCUT2D eigenvalue weighted by Gasteiger charge is -2.40. The molecule has 0 atom stereocenters. The third kappa shape index (κ3) is 7.22. The lowest BCUT2D eigenvalue weighted by atomic mass is 9.99. The Kier molecular flexibility index (Phi) is 9.97. The Morgan fingerprint density at radius 3 is 2.40 bits per heavy atom. The summed E-state index contributed by atoms with van der Waals surface area (Å²) in [4.78, 5) is 26.0. The zero-order valence-corrected chi connectivity index (χ0v) is 25.4. The van der Waals surface area contributed by atoms with Gasteiger partial charge in [-0.25, -0.2) is 20.0 Å². The Morgan fingerprint density at radius 1 is 1.00 bits per heavy atom. The highest BCUT2D eigenvalue weighted by atomic mass is 16.5. The van der Waals surface area contributed by atoms with Gasteiger partial charge in [0.2, 0.25) is 6.41 Å². The van der Waals surface area contributed by atoms with E-state index in [4.69, 9.17) is 14.2 Å². The number of likely N-dealkylation sites (tertiary alicyclic amines) is 1. The quantitative estimate of drug-likeness (QED) is 0.226. The molecular weight excluding hydrogens is 532 g/mol. The van der Waals surface area contributed by atoms with E-state index in [1.54, 1.807) is 18.4 Å². The highest BCUT2D eigenvalue weighted by Gasteiger charge is 2.25. The van der Waals surface area contributed by atoms with Crippen LogP contribution in [0.3, 0.4) is 0 Å². The maximum Gasteiger partial charge on any atom is 0.228 e. The number of anilines is 2. The van der Waals surface area contributed by atoms with Crippen molar-refractivity contribution >= 4 is 28.8 Å². The lowest BCUT2D eigenvalue weighted by Crippen LogP contribution is -2.54. The number of methoxy groups -OCH3 is 1. The Labute approximate surface area is 249 Å². The molecule has 0 spiro atoms. The normalized spacial score (nSPS) is 17.0. The summed E-state index contributed by atoms with van der Waals surface area (Å²) in [5.41, 5.74) is 1.63. The molecule has 3 aromatic rings. The number of hydrogen-bond donors (Lipinski definition) is 0. The number of piperazine rings is 1. The molecule has 2 aliphatic heterocycles. The van der Waals surface area contributed by atoms with Gasteiger partial charge in [0.25, 0.3) is 0 Å². The van der Waals surface area contributed by atoms with E-state index < -0.39 is 0 Å². The second-order valence-corrected chi connectivity index (χ2v) is 11.5. The van der Waals surface area contributed by atoms with Gasteiger partial charge in [-0.2, -0.15) is 0 Å². The first-order valence-corrected chi connectivity index (χ1v) is 15.1. The van der Waals surface area contributed by atoms with Gasteiger partial charge in [0.15, 0.2) is 11.5 Å². The molecule has 10 nitrogen and oxygen atoms in total. The standard InChI is InChI=1S/C32H44N6O4/c1-24(2)42-27-8-6-26(7-9-27)38(23-39)37-17-15-36(16-18-37)32-28-20-30(40-4)31(21-29(28)33-22-34-32)41-19-5-12-35-13-10-25(3)11-14-35/h6-9,20-25H,5,10-19H2,1-4H3. The number of carbonyl (C=O) groups excluding carboxylic acids is 1. The van der Waals surface area contributed by atoms with Gasteiger partial charge in [0, 0.05) is 44.2 Å². The predicted molar refractivity (Wildman–Crippen MR) is 166 cm³/mol. The number of piperidine rings is 1. The number of fused-ring (bicyclic) bond motifs is 1. The van der Waals surface area contributed by atoms with Gasteiger partial charge in [-0.1, -0.05) is 6.92 Å². The summed E-state index contributed by atoms with van der Waals surface area (Å²) >= 11 is 0. The van der Waals surface area contributed by atoms with Crippen LogP contribution in [0, 0.1) is 5.92 Å². The van der Waals surface area contributed by atoms with Gasteiger partial charge in [-0.05, 0) is 82.4 Å². The third-order valence-corrected chi connectivity index (χ3v) is 8.09. The first-order valence-electron chi connectivity index (χ1n) is 15.1. The number of carbonyl (C=O) groups is 1. The molecule has 2 fully saturated rings. The minimum absolute atomic E-state index is 0.0987. The molecule has 0 radical (unpaired) electrons. The first-order chi connectivity index (χ1) is 20.4. The highest BCUT2D eigenvalue weighted by Crippen LogP contribution is 2.35. The van der Waals surface area contributed by atoms with Crippen LogP contribution in [0.2, 0.25) is 0 Å². The molecule has 2 aromatic carbocycles. The molecule has 1 aromatic heterocycles. The van der Waals surface area contributed by atoms with Crippen LogP contribution < -0.4 is 24.1 Å². The molecule has 5 rings (SSSR count). The van der Waals surface area contributed by atoms with Crippen molar-refractivity contribution in [2.24, 2.45) is 5.92 Å². The molecule has 1 amide bonds. The molecule has 3 heterocycles. The molecule has 0 saturated carbocycles. The van der Waals surface area contributed by atoms with Gasteiger partial charge in [0.05, 0.1) is 31.0 Å². The van der Waals surface area contributed by atoms with Crippen molar-refractivity contribution in [3.05, 3.63) is 42.7 Å². The van der Waals surface area contributed by atoms with E-state index in [1.807, 2.05) is 50.2 Å². The molecule has 2 aliphatic rings. The zero-order valence-electron chi connectivity index (χ0n) is 25.4. The number of amides is 1. The number of rotatable bonds is 12. The monoisotopic (exact) mass is 576 g/mol. The Morgan fingerprint density at radius 2 is 1.74 bits per heavy atom. The molecule has 10 heteroatoms. The van der Waals surface area contributed by atoms with E-state index in [0.29, 0.717) is 44.3 Å². The van der Waals surface area contributed by atoms with Crippen molar-refractivity contribution in [2.75, 3.05) is 69.4 Å². The fourth-order valence-electron chi connectivity index (χ4n) is 5.69. The molecule has 0 N–H and O–H groups in total. The van der Waals surface area contributed by atoms with E-state index >= 15 is 0 Å². The van der Waals surface area contributed by atoms with Gasteiger partial charge in [-0.3, -0.25) is 4.79 Å². The van der Waals surface area contributed by atoms with E-state index in [2.05, 4.69) is 31.7 Å². The summed E-state index contributed by atoms with van der Waals surface area (Å²) in [6.07, 6.45) is 6.12. The van der Waals surface area contributed by atoms with Gasteiger partial charge in [-0.15, -0.1) is 0 Å². The number of hydrogen-bond acceptors (Lipinski definition) is 9. The number of benzene rings is 2. The maximum absolute atomic E-state index is 12.1. The molecule has 42 heavy (non-hydrogen) atoms. The van der Waals surface area contributed by atoms with Crippen LogP contribution >= 0.6 is 0 Å². The van der Waals surface area contributed by atoms with Crippen molar-refractivity contribution in [1.82, 2.24) is 19.9 Å². The second-order valence-electron chi connectivity index (χ2n) is 11.5. The van der Waals surface area contributed by atoms with E-state index in [-0.39, 0.29) is 6.10 Å². The minimum atomic E-state index is 0.0987. The Bertz CT molecular complexity index is 1300. The highest BCUT2D eigenvalue weighted by molar-refractivity contribution is 5.92.